The number of aryl methyl sites for hydroxylation is 1. The van der Waals surface area contributed by atoms with Crippen LogP contribution in [-0.4, -0.2) is 87.0 Å². The standard InChI is InChI=1S/C27H35FN6O4/c1-16-10-17-13-29-34(24-12-23(30-25(31-24)37-5)32-8-6-18(35)14-32)22(17)11-20(16)19-7-9-33(15-21(19)28)26(36)38-27(2,3)4/h10-13,18-19,21,35H,6-9,14-15H2,1-5H3/t18-,19-,21-/m0/s1. The molecule has 0 aliphatic carbocycles. The molecule has 3 atom stereocenters. The SMILES string of the molecule is COc1nc(N2CC[C@H](O)C2)cc(-n2ncc3cc(C)c([C@@H]4CCN(C(=O)OC(C)(C)C)C[C@@H]4F)cc32)n1. The number of rotatable bonds is 4. The number of likely N-dealkylation sites (tertiary alicyclic amines) is 1. The number of ether oxygens (including phenoxy) is 2. The van der Waals surface area contributed by atoms with Gasteiger partial charge in [-0.25, -0.2) is 13.9 Å². The molecule has 4 heterocycles. The number of amides is 1. The first-order valence-electron chi connectivity index (χ1n) is 13.0. The Labute approximate surface area is 221 Å². The number of carbonyl (C=O) groups excluding carboxylic acids is 1. The van der Waals surface area contributed by atoms with Crippen LogP contribution in [0.25, 0.3) is 16.7 Å². The highest BCUT2D eigenvalue weighted by molar-refractivity contribution is 5.82. The first-order valence-corrected chi connectivity index (χ1v) is 13.0. The Morgan fingerprint density at radius 2 is 1.87 bits per heavy atom. The number of methoxy groups -OCH3 is 1. The fraction of sp³-hybridized carbons (Fsp3) is 0.556. The molecule has 0 spiro atoms. The molecule has 2 aliphatic rings. The average Bonchev–Trinajstić information content (AvgIpc) is 3.48. The molecule has 1 aromatic carbocycles. The van der Waals surface area contributed by atoms with Gasteiger partial charge in [0.2, 0.25) is 0 Å². The van der Waals surface area contributed by atoms with Crippen molar-refractivity contribution in [2.75, 3.05) is 38.2 Å². The van der Waals surface area contributed by atoms with Crippen LogP contribution < -0.4 is 9.64 Å². The predicted molar refractivity (Wildman–Crippen MR) is 141 cm³/mol. The second kappa shape index (κ2) is 10.0. The molecule has 2 saturated heterocycles. The molecular weight excluding hydrogens is 491 g/mol. The number of benzene rings is 1. The van der Waals surface area contributed by atoms with Crippen LogP contribution in [0.2, 0.25) is 0 Å². The van der Waals surface area contributed by atoms with Gasteiger partial charge in [-0.3, -0.25) is 0 Å². The third kappa shape index (κ3) is 5.24. The summed E-state index contributed by atoms with van der Waals surface area (Å²) in [5, 5.41) is 15.5. The summed E-state index contributed by atoms with van der Waals surface area (Å²) in [5.41, 5.74) is 2.03. The maximum Gasteiger partial charge on any atom is 0.410 e. The van der Waals surface area contributed by atoms with Gasteiger partial charge in [-0.15, -0.1) is 0 Å². The van der Waals surface area contributed by atoms with Crippen LogP contribution in [0.5, 0.6) is 6.01 Å². The molecule has 2 aromatic heterocycles. The highest BCUT2D eigenvalue weighted by Gasteiger charge is 2.35. The van der Waals surface area contributed by atoms with Gasteiger partial charge in [0.15, 0.2) is 5.82 Å². The van der Waals surface area contributed by atoms with Crippen LogP contribution in [0.15, 0.2) is 24.4 Å². The topological polar surface area (TPSA) is 106 Å². The van der Waals surface area contributed by atoms with Gasteiger partial charge < -0.3 is 24.4 Å². The molecule has 5 rings (SSSR count). The maximum absolute atomic E-state index is 15.5. The maximum atomic E-state index is 15.5. The third-order valence-electron chi connectivity index (χ3n) is 7.11. The van der Waals surface area contributed by atoms with E-state index in [9.17, 15) is 9.90 Å². The molecular formula is C27H35FN6O4. The minimum absolute atomic E-state index is 0.00945. The summed E-state index contributed by atoms with van der Waals surface area (Å²) in [6.07, 6.45) is 0.818. The first-order chi connectivity index (χ1) is 18.0. The van der Waals surface area contributed by atoms with Crippen molar-refractivity contribution in [3.8, 4) is 11.8 Å². The summed E-state index contributed by atoms with van der Waals surface area (Å²) < 4.78 is 28.0. The van der Waals surface area contributed by atoms with E-state index in [0.717, 1.165) is 22.0 Å². The van der Waals surface area contributed by atoms with Crippen LogP contribution in [0.3, 0.4) is 0 Å². The van der Waals surface area contributed by atoms with Gasteiger partial charge in [0.25, 0.3) is 0 Å². The number of aliphatic hydroxyl groups is 1. The average molecular weight is 527 g/mol. The lowest BCUT2D eigenvalue weighted by Crippen LogP contribution is -2.46. The molecule has 2 aliphatic heterocycles. The number of alkyl halides is 1. The van der Waals surface area contributed by atoms with Gasteiger partial charge in [0.05, 0.1) is 31.5 Å². The normalized spacial score (nSPS) is 22.2. The van der Waals surface area contributed by atoms with E-state index in [2.05, 4.69) is 15.1 Å². The molecule has 3 aromatic rings. The summed E-state index contributed by atoms with van der Waals surface area (Å²) in [7, 11) is 1.51. The third-order valence-corrected chi connectivity index (χ3v) is 7.11. The number of hydrogen-bond acceptors (Lipinski definition) is 8. The zero-order valence-electron chi connectivity index (χ0n) is 22.5. The second-order valence-electron chi connectivity index (χ2n) is 11.1. The van der Waals surface area contributed by atoms with Crippen molar-refractivity contribution < 1.29 is 23.8 Å². The zero-order valence-corrected chi connectivity index (χ0v) is 22.5. The van der Waals surface area contributed by atoms with E-state index in [0.29, 0.717) is 44.1 Å². The Hall–Kier alpha value is -3.47. The van der Waals surface area contributed by atoms with Crippen molar-refractivity contribution in [1.82, 2.24) is 24.6 Å². The largest absolute Gasteiger partial charge is 0.467 e. The number of aromatic nitrogens is 4. The smallest absolute Gasteiger partial charge is 0.410 e. The van der Waals surface area contributed by atoms with Crippen molar-refractivity contribution >= 4 is 22.8 Å². The predicted octanol–water partition coefficient (Wildman–Crippen LogP) is 3.77. The molecule has 0 radical (unpaired) electrons. The molecule has 204 valence electrons. The van der Waals surface area contributed by atoms with Crippen molar-refractivity contribution in [3.05, 3.63) is 35.5 Å². The van der Waals surface area contributed by atoms with E-state index in [1.54, 1.807) is 31.6 Å². The minimum atomic E-state index is -1.23. The summed E-state index contributed by atoms with van der Waals surface area (Å²) >= 11 is 0. The highest BCUT2D eigenvalue weighted by atomic mass is 19.1. The number of aliphatic hydroxyl groups excluding tert-OH is 1. The monoisotopic (exact) mass is 526 g/mol. The van der Waals surface area contributed by atoms with Crippen LogP contribution in [0.4, 0.5) is 15.0 Å². The Kier molecular flexibility index (Phi) is 6.89. The van der Waals surface area contributed by atoms with E-state index in [1.165, 1.54) is 12.0 Å². The second-order valence-corrected chi connectivity index (χ2v) is 11.1. The summed E-state index contributed by atoms with van der Waals surface area (Å²) in [5.74, 6) is 0.815. The van der Waals surface area contributed by atoms with E-state index in [-0.39, 0.29) is 18.5 Å². The Morgan fingerprint density at radius 3 is 2.53 bits per heavy atom. The van der Waals surface area contributed by atoms with Gasteiger partial charge >= 0.3 is 12.1 Å². The number of fused-ring (bicyclic) bond motifs is 1. The first kappa shape index (κ1) is 26.1. The number of piperidine rings is 1. The molecule has 11 heteroatoms. The highest BCUT2D eigenvalue weighted by Crippen LogP contribution is 2.36. The zero-order chi connectivity index (χ0) is 27.2. The van der Waals surface area contributed by atoms with Gasteiger partial charge in [0, 0.05) is 37.0 Å². The summed E-state index contributed by atoms with van der Waals surface area (Å²) in [6, 6.07) is 6.01. The molecule has 1 N–H and O–H groups in total. The number of carbonyl (C=O) groups is 1. The summed E-state index contributed by atoms with van der Waals surface area (Å²) in [4.78, 5) is 24.9. The molecule has 0 saturated carbocycles. The van der Waals surface area contributed by atoms with Gasteiger partial charge in [-0.05, 0) is 63.8 Å². The Balaban J connectivity index is 1.45. The lowest BCUT2D eigenvalue weighted by atomic mass is 9.85. The lowest BCUT2D eigenvalue weighted by Gasteiger charge is -2.36. The van der Waals surface area contributed by atoms with E-state index in [1.807, 2.05) is 30.0 Å². The number of nitrogens with zero attached hydrogens (tertiary/aromatic N) is 6. The number of β-amino-alcohol motifs (C(OH)–C–C–N with tert-alkyl or cyclic N) is 1. The molecule has 0 unspecified atom stereocenters. The lowest BCUT2D eigenvalue weighted by molar-refractivity contribution is 0.0111. The van der Waals surface area contributed by atoms with Crippen LogP contribution in [-0.2, 0) is 4.74 Å². The van der Waals surface area contributed by atoms with Crippen molar-refractivity contribution in [1.29, 1.82) is 0 Å². The van der Waals surface area contributed by atoms with E-state index >= 15 is 4.39 Å². The number of halogens is 1. The fourth-order valence-electron chi connectivity index (χ4n) is 5.25. The number of anilines is 1. The van der Waals surface area contributed by atoms with Gasteiger partial charge in [0.1, 0.15) is 17.6 Å². The fourth-order valence-corrected chi connectivity index (χ4v) is 5.25. The van der Waals surface area contributed by atoms with E-state index < -0.39 is 24.0 Å². The number of hydrogen-bond donors (Lipinski definition) is 1. The van der Waals surface area contributed by atoms with Gasteiger partial charge in [-0.2, -0.15) is 15.1 Å². The van der Waals surface area contributed by atoms with Crippen LogP contribution >= 0.6 is 0 Å². The quantitative estimate of drug-likeness (QED) is 0.548. The van der Waals surface area contributed by atoms with Crippen LogP contribution in [0.1, 0.15) is 50.7 Å². The van der Waals surface area contributed by atoms with Crippen LogP contribution in [0, 0.1) is 6.92 Å². The summed E-state index contributed by atoms with van der Waals surface area (Å²) in [6.45, 7) is 8.97. The minimum Gasteiger partial charge on any atom is -0.467 e. The molecule has 0 bridgehead atoms. The van der Waals surface area contributed by atoms with Crippen molar-refractivity contribution in [2.24, 2.45) is 0 Å². The molecule has 38 heavy (non-hydrogen) atoms. The van der Waals surface area contributed by atoms with Gasteiger partial charge in [-0.1, -0.05) is 0 Å². The molecule has 2 fully saturated rings. The van der Waals surface area contributed by atoms with Crippen molar-refractivity contribution in [2.45, 2.75) is 64.3 Å². The van der Waals surface area contributed by atoms with E-state index in [4.69, 9.17) is 9.47 Å². The Morgan fingerprint density at radius 1 is 1.11 bits per heavy atom. The molecule has 10 nitrogen and oxygen atoms in total. The molecule has 1 amide bonds. The van der Waals surface area contributed by atoms with Crippen molar-refractivity contribution in [3.63, 3.8) is 0 Å². The Bertz CT molecular complexity index is 1340.